The van der Waals surface area contributed by atoms with Gasteiger partial charge in [0.1, 0.15) is 5.82 Å². The van der Waals surface area contributed by atoms with Crippen LogP contribution in [0.5, 0.6) is 0 Å². The maximum atomic E-state index is 13.8. The number of fused-ring (bicyclic) bond motifs is 2. The third-order valence-electron chi connectivity index (χ3n) is 6.76. The van der Waals surface area contributed by atoms with Gasteiger partial charge in [-0.3, -0.25) is 14.2 Å². The summed E-state index contributed by atoms with van der Waals surface area (Å²) in [6.45, 7) is 4.16. The van der Waals surface area contributed by atoms with E-state index in [1.54, 1.807) is 22.8 Å². The molecule has 3 aromatic carbocycles. The van der Waals surface area contributed by atoms with E-state index in [1.165, 1.54) is 23.5 Å². The van der Waals surface area contributed by atoms with Gasteiger partial charge in [-0.1, -0.05) is 79.8 Å². The molecule has 1 atom stereocenters. The zero-order chi connectivity index (χ0) is 24.3. The number of halogens is 1. The summed E-state index contributed by atoms with van der Waals surface area (Å²) in [7, 11) is 0. The van der Waals surface area contributed by atoms with Gasteiger partial charge in [-0.2, -0.15) is 0 Å². The van der Waals surface area contributed by atoms with Crippen LogP contribution in [0.3, 0.4) is 0 Å². The Morgan fingerprint density at radius 1 is 1.03 bits per heavy atom. The van der Waals surface area contributed by atoms with Crippen LogP contribution in [0.1, 0.15) is 43.9 Å². The molecule has 0 fully saturated rings. The molecule has 4 nitrogen and oxygen atoms in total. The van der Waals surface area contributed by atoms with Gasteiger partial charge in [0, 0.05) is 12.0 Å². The van der Waals surface area contributed by atoms with E-state index >= 15 is 0 Å². The molecule has 0 spiro atoms. The minimum atomic E-state index is -0.550. The SMILES string of the molecule is CC1(C)CC(=O)C2=C(C1)N=c1sc(=Cc3cccc(F)c3)c(=O)n1C2c1cccc2ccccc12. The molecule has 0 radical (unpaired) electrons. The lowest BCUT2D eigenvalue weighted by Gasteiger charge is -2.35. The molecule has 174 valence electrons. The van der Waals surface area contributed by atoms with Gasteiger partial charge in [-0.25, -0.2) is 9.38 Å². The first kappa shape index (κ1) is 21.9. The van der Waals surface area contributed by atoms with Gasteiger partial charge in [0.25, 0.3) is 5.56 Å². The second kappa shape index (κ2) is 7.95. The fraction of sp³-hybridized carbons (Fsp3) is 0.207. The molecule has 6 rings (SSSR count). The fourth-order valence-electron chi connectivity index (χ4n) is 5.28. The smallest absolute Gasteiger partial charge is 0.271 e. The number of hydrogen-bond donors (Lipinski definition) is 0. The second-order valence-corrected chi connectivity index (χ2v) is 11.0. The highest BCUT2D eigenvalue weighted by molar-refractivity contribution is 7.07. The quantitative estimate of drug-likeness (QED) is 0.408. The predicted molar refractivity (Wildman–Crippen MR) is 136 cm³/mol. The summed E-state index contributed by atoms with van der Waals surface area (Å²) in [5, 5.41) is 2.06. The van der Waals surface area contributed by atoms with Gasteiger partial charge >= 0.3 is 0 Å². The van der Waals surface area contributed by atoms with E-state index in [1.807, 2.05) is 42.5 Å². The number of hydrogen-bond acceptors (Lipinski definition) is 4. The highest BCUT2D eigenvalue weighted by atomic mass is 32.1. The van der Waals surface area contributed by atoms with Crippen LogP contribution in [0.2, 0.25) is 0 Å². The molecule has 6 heteroatoms. The third kappa shape index (κ3) is 3.69. The Labute approximate surface area is 205 Å². The molecule has 35 heavy (non-hydrogen) atoms. The summed E-state index contributed by atoms with van der Waals surface area (Å²) < 4.78 is 15.9. The van der Waals surface area contributed by atoms with Gasteiger partial charge in [0.2, 0.25) is 0 Å². The number of thiazole rings is 1. The number of benzene rings is 3. The second-order valence-electron chi connectivity index (χ2n) is 10.0. The van der Waals surface area contributed by atoms with Crippen LogP contribution in [0.4, 0.5) is 4.39 Å². The van der Waals surface area contributed by atoms with Crippen LogP contribution in [0, 0.1) is 11.2 Å². The Hall–Kier alpha value is -3.64. The molecule has 0 amide bonds. The van der Waals surface area contributed by atoms with E-state index in [-0.39, 0.29) is 22.6 Å². The zero-order valence-electron chi connectivity index (χ0n) is 19.4. The molecule has 4 aromatic rings. The monoisotopic (exact) mass is 482 g/mol. The van der Waals surface area contributed by atoms with E-state index in [4.69, 9.17) is 4.99 Å². The molecule has 2 aliphatic rings. The topological polar surface area (TPSA) is 51.4 Å². The molecule has 1 aliphatic heterocycles. The summed E-state index contributed by atoms with van der Waals surface area (Å²) in [6.07, 6.45) is 2.78. The highest BCUT2D eigenvalue weighted by Crippen LogP contribution is 2.44. The first-order valence-corrected chi connectivity index (χ1v) is 12.4. The van der Waals surface area contributed by atoms with E-state index in [2.05, 4.69) is 13.8 Å². The summed E-state index contributed by atoms with van der Waals surface area (Å²) >= 11 is 1.28. The molecule has 2 heterocycles. The average molecular weight is 483 g/mol. The standard InChI is InChI=1S/C29H23FN2O2S/c1-29(2)15-22-25(23(33)16-29)26(21-12-6-9-18-8-3-4-11-20(18)21)32-27(34)24(35-28(32)31-22)14-17-7-5-10-19(30)13-17/h3-14,26H,15-16H2,1-2H3. The van der Waals surface area contributed by atoms with Crippen LogP contribution < -0.4 is 14.9 Å². The molecule has 0 bridgehead atoms. The van der Waals surface area contributed by atoms with Crippen molar-refractivity contribution in [3.63, 3.8) is 0 Å². The molecule has 0 saturated carbocycles. The van der Waals surface area contributed by atoms with Gasteiger partial charge < -0.3 is 0 Å². The minimum absolute atomic E-state index is 0.0392. The maximum Gasteiger partial charge on any atom is 0.271 e. The van der Waals surface area contributed by atoms with Crippen molar-refractivity contribution in [1.82, 2.24) is 4.57 Å². The van der Waals surface area contributed by atoms with E-state index in [0.29, 0.717) is 33.3 Å². The largest absolute Gasteiger partial charge is 0.294 e. The fourth-order valence-corrected chi connectivity index (χ4v) is 6.30. The Morgan fingerprint density at radius 2 is 1.80 bits per heavy atom. The van der Waals surface area contributed by atoms with Crippen LogP contribution in [0.25, 0.3) is 16.8 Å². The van der Waals surface area contributed by atoms with Gasteiger partial charge in [-0.05, 0) is 51.9 Å². The molecule has 0 saturated heterocycles. The lowest BCUT2D eigenvalue weighted by Crippen LogP contribution is -2.42. The Bertz CT molecular complexity index is 1740. The Balaban J connectivity index is 1.66. The van der Waals surface area contributed by atoms with E-state index in [0.717, 1.165) is 22.0 Å². The van der Waals surface area contributed by atoms with Crippen LogP contribution in [0.15, 0.2) is 87.8 Å². The molecule has 0 N–H and O–H groups in total. The molecular weight excluding hydrogens is 459 g/mol. The number of rotatable bonds is 2. The number of carbonyl (C=O) groups excluding carboxylic acids is 1. The number of allylic oxidation sites excluding steroid dienone is 2. The summed E-state index contributed by atoms with van der Waals surface area (Å²) in [6, 6.07) is 19.6. The van der Waals surface area contributed by atoms with Crippen molar-refractivity contribution < 1.29 is 9.18 Å². The maximum absolute atomic E-state index is 13.8. The summed E-state index contributed by atoms with van der Waals surface area (Å²) in [4.78, 5) is 32.8. The first-order chi connectivity index (χ1) is 16.8. The first-order valence-electron chi connectivity index (χ1n) is 11.6. The van der Waals surface area contributed by atoms with Crippen molar-refractivity contribution in [3.8, 4) is 0 Å². The summed E-state index contributed by atoms with van der Waals surface area (Å²) in [5.41, 5.74) is 2.49. The minimum Gasteiger partial charge on any atom is -0.294 e. The molecule has 1 unspecified atom stereocenters. The van der Waals surface area contributed by atoms with Crippen molar-refractivity contribution in [2.45, 2.75) is 32.7 Å². The normalized spacial score (nSPS) is 19.5. The number of aromatic nitrogens is 1. The van der Waals surface area contributed by atoms with E-state index < -0.39 is 6.04 Å². The van der Waals surface area contributed by atoms with Crippen LogP contribution in [-0.2, 0) is 4.79 Å². The molecular formula is C29H23FN2O2S. The van der Waals surface area contributed by atoms with Crippen molar-refractivity contribution in [2.75, 3.05) is 0 Å². The third-order valence-corrected chi connectivity index (χ3v) is 7.74. The Morgan fingerprint density at radius 3 is 2.63 bits per heavy atom. The highest BCUT2D eigenvalue weighted by Gasteiger charge is 2.40. The van der Waals surface area contributed by atoms with Crippen molar-refractivity contribution >= 4 is 34.0 Å². The van der Waals surface area contributed by atoms with Crippen LogP contribution >= 0.6 is 11.3 Å². The number of carbonyl (C=O) groups is 1. The number of ketones is 1. The lowest BCUT2D eigenvalue weighted by atomic mass is 9.73. The van der Waals surface area contributed by atoms with E-state index in [9.17, 15) is 14.0 Å². The number of Topliss-reactive ketones (excluding diaryl/α,β-unsaturated/α-hetero) is 1. The molecule has 1 aromatic heterocycles. The average Bonchev–Trinajstić information content (AvgIpc) is 3.11. The Kier molecular flexibility index (Phi) is 4.97. The predicted octanol–water partition coefficient (Wildman–Crippen LogP) is 4.90. The lowest BCUT2D eigenvalue weighted by molar-refractivity contribution is -0.118. The molecule has 1 aliphatic carbocycles. The summed E-state index contributed by atoms with van der Waals surface area (Å²) in [5.74, 6) is -0.319. The van der Waals surface area contributed by atoms with Crippen molar-refractivity contribution in [3.05, 3.63) is 115 Å². The van der Waals surface area contributed by atoms with Gasteiger partial charge in [0.15, 0.2) is 10.6 Å². The van der Waals surface area contributed by atoms with Crippen molar-refractivity contribution in [2.24, 2.45) is 10.4 Å². The van der Waals surface area contributed by atoms with Crippen LogP contribution in [-0.4, -0.2) is 10.4 Å². The zero-order valence-corrected chi connectivity index (χ0v) is 20.2. The van der Waals surface area contributed by atoms with Crippen molar-refractivity contribution in [1.29, 1.82) is 0 Å². The van der Waals surface area contributed by atoms with Gasteiger partial charge in [-0.15, -0.1) is 0 Å². The number of nitrogens with zero attached hydrogens (tertiary/aromatic N) is 2. The van der Waals surface area contributed by atoms with Gasteiger partial charge in [0.05, 0.1) is 16.3 Å².